The summed E-state index contributed by atoms with van der Waals surface area (Å²) in [7, 11) is 0. The van der Waals surface area contributed by atoms with Gasteiger partial charge >= 0.3 is 0 Å². The fraction of sp³-hybridized carbons (Fsp3) is 0.107. The number of nitrogens with zero attached hydrogens (tertiary/aromatic N) is 2. The average Bonchev–Trinajstić information content (AvgIpc) is 2.83. The number of halogens is 1. The lowest BCUT2D eigenvalue weighted by Gasteiger charge is -2.46. The van der Waals surface area contributed by atoms with Crippen LogP contribution in [0.2, 0.25) is 0 Å². The molecule has 1 heterocycles. The van der Waals surface area contributed by atoms with Gasteiger partial charge in [0.15, 0.2) is 0 Å². The summed E-state index contributed by atoms with van der Waals surface area (Å²) in [5.74, 6) is -0.365. The zero-order chi connectivity index (χ0) is 22.1. The second kappa shape index (κ2) is 8.31. The minimum Gasteiger partial charge on any atom is -0.342 e. The van der Waals surface area contributed by atoms with Gasteiger partial charge in [0.25, 0.3) is 5.91 Å². The third-order valence-electron chi connectivity index (χ3n) is 5.88. The fourth-order valence-electron chi connectivity index (χ4n) is 4.30. The van der Waals surface area contributed by atoms with Crippen molar-refractivity contribution in [3.63, 3.8) is 0 Å². The van der Waals surface area contributed by atoms with E-state index in [9.17, 15) is 9.18 Å². The van der Waals surface area contributed by atoms with E-state index in [1.807, 2.05) is 78.6 Å². The molecule has 0 spiro atoms. The van der Waals surface area contributed by atoms with Crippen LogP contribution in [0.5, 0.6) is 0 Å². The zero-order valence-corrected chi connectivity index (χ0v) is 17.8. The van der Waals surface area contributed by atoms with Crippen LogP contribution in [0.4, 0.5) is 15.8 Å². The van der Waals surface area contributed by atoms with Gasteiger partial charge in [-0.25, -0.2) is 4.39 Å². The van der Waals surface area contributed by atoms with Crippen molar-refractivity contribution in [2.75, 3.05) is 9.80 Å². The Balaban J connectivity index is 1.72. The molecule has 0 bridgehead atoms. The molecule has 158 valence electrons. The molecule has 0 saturated carbocycles. The number of carbonyl (C=O) groups excluding carboxylic acids is 1. The van der Waals surface area contributed by atoms with Crippen LogP contribution >= 0.6 is 0 Å². The van der Waals surface area contributed by atoms with Gasteiger partial charge in [-0.05, 0) is 54.4 Å². The van der Waals surface area contributed by atoms with Gasteiger partial charge in [-0.2, -0.15) is 0 Å². The maximum atomic E-state index is 13.8. The first-order valence-electron chi connectivity index (χ1n) is 10.7. The van der Waals surface area contributed by atoms with Crippen LogP contribution in [-0.2, 0) is 6.54 Å². The summed E-state index contributed by atoms with van der Waals surface area (Å²) < 4.78 is 13.8. The van der Waals surface area contributed by atoms with E-state index in [-0.39, 0.29) is 11.7 Å². The molecular formula is C28H23FN2O. The Morgan fingerprint density at radius 2 is 1.44 bits per heavy atom. The molecule has 0 saturated heterocycles. The highest BCUT2D eigenvalue weighted by Gasteiger charge is 2.39. The second-order valence-electron chi connectivity index (χ2n) is 8.07. The zero-order valence-electron chi connectivity index (χ0n) is 17.8. The fourth-order valence-corrected chi connectivity index (χ4v) is 4.30. The Kier molecular flexibility index (Phi) is 5.20. The maximum Gasteiger partial charge on any atom is 0.262 e. The van der Waals surface area contributed by atoms with Gasteiger partial charge in [-0.15, -0.1) is 0 Å². The van der Waals surface area contributed by atoms with Gasteiger partial charge in [-0.1, -0.05) is 72.3 Å². The molecule has 1 aliphatic heterocycles. The number of amides is 1. The first-order valence-corrected chi connectivity index (χ1v) is 10.7. The lowest BCUT2D eigenvalue weighted by atomic mass is 9.99. The van der Waals surface area contributed by atoms with E-state index < -0.39 is 6.17 Å². The number of aryl methyl sites for hydroxylation is 1. The van der Waals surface area contributed by atoms with Crippen molar-refractivity contribution in [2.24, 2.45) is 0 Å². The van der Waals surface area contributed by atoms with Crippen molar-refractivity contribution in [1.29, 1.82) is 0 Å². The molecule has 4 aromatic carbocycles. The second-order valence-corrected chi connectivity index (χ2v) is 8.07. The lowest BCUT2D eigenvalue weighted by molar-refractivity contribution is 0.0968. The summed E-state index contributed by atoms with van der Waals surface area (Å²) in [6, 6.07) is 32.3. The van der Waals surface area contributed by atoms with Crippen molar-refractivity contribution in [2.45, 2.75) is 19.6 Å². The molecule has 1 amide bonds. The summed E-state index contributed by atoms with van der Waals surface area (Å²) in [6.07, 6.45) is -0.416. The minimum absolute atomic E-state index is 0.0666. The third-order valence-corrected chi connectivity index (χ3v) is 5.88. The van der Waals surface area contributed by atoms with Gasteiger partial charge in [0.1, 0.15) is 12.0 Å². The average molecular weight is 423 g/mol. The van der Waals surface area contributed by atoms with Crippen LogP contribution < -0.4 is 9.80 Å². The number of rotatable bonds is 4. The van der Waals surface area contributed by atoms with Gasteiger partial charge in [-0.3, -0.25) is 9.69 Å². The molecule has 1 aliphatic rings. The molecule has 4 heteroatoms. The highest BCUT2D eigenvalue weighted by molar-refractivity contribution is 6.12. The molecule has 5 rings (SSSR count). The van der Waals surface area contributed by atoms with E-state index in [1.54, 1.807) is 12.1 Å². The van der Waals surface area contributed by atoms with Crippen LogP contribution in [-0.4, -0.2) is 5.91 Å². The summed E-state index contributed by atoms with van der Waals surface area (Å²) >= 11 is 0. The smallest absolute Gasteiger partial charge is 0.262 e. The van der Waals surface area contributed by atoms with Gasteiger partial charge < -0.3 is 4.90 Å². The highest BCUT2D eigenvalue weighted by atomic mass is 19.1. The Bertz CT molecular complexity index is 1240. The molecule has 0 fully saturated rings. The molecule has 0 aliphatic carbocycles. The van der Waals surface area contributed by atoms with E-state index in [2.05, 4.69) is 17.0 Å². The SMILES string of the molecule is Cc1ccc(N2C(=O)c3ccccc3N(Cc3ccccc3)[C@@H]2c2ccc(F)cc2)cc1. The van der Waals surface area contributed by atoms with Crippen LogP contribution in [0.3, 0.4) is 0 Å². The predicted molar refractivity (Wildman–Crippen MR) is 126 cm³/mol. The van der Waals surface area contributed by atoms with E-state index in [1.165, 1.54) is 12.1 Å². The van der Waals surface area contributed by atoms with E-state index in [0.29, 0.717) is 12.1 Å². The molecule has 0 N–H and O–H groups in total. The molecule has 1 atom stereocenters. The first kappa shape index (κ1) is 20.0. The number of carbonyl (C=O) groups is 1. The van der Waals surface area contributed by atoms with E-state index >= 15 is 0 Å². The summed E-state index contributed by atoms with van der Waals surface area (Å²) in [5.41, 5.74) is 5.44. The van der Waals surface area contributed by atoms with Gasteiger partial charge in [0.05, 0.1) is 11.3 Å². The Morgan fingerprint density at radius 3 is 2.16 bits per heavy atom. The van der Waals surface area contributed by atoms with Crippen LogP contribution in [0.25, 0.3) is 0 Å². The van der Waals surface area contributed by atoms with Crippen molar-refractivity contribution < 1.29 is 9.18 Å². The highest BCUT2D eigenvalue weighted by Crippen LogP contribution is 2.42. The molecule has 0 aromatic heterocycles. The number of fused-ring (bicyclic) bond motifs is 1. The molecule has 3 nitrogen and oxygen atoms in total. The largest absolute Gasteiger partial charge is 0.342 e. The lowest BCUT2D eigenvalue weighted by Crippen LogP contribution is -2.49. The van der Waals surface area contributed by atoms with Crippen molar-refractivity contribution in [3.05, 3.63) is 131 Å². The van der Waals surface area contributed by atoms with Crippen LogP contribution in [0.15, 0.2) is 103 Å². The number of hydrogen-bond donors (Lipinski definition) is 0. The predicted octanol–water partition coefficient (Wildman–Crippen LogP) is 6.50. The van der Waals surface area contributed by atoms with Crippen LogP contribution in [0.1, 0.15) is 33.2 Å². The van der Waals surface area contributed by atoms with Crippen LogP contribution in [0, 0.1) is 12.7 Å². The molecule has 4 aromatic rings. The quantitative estimate of drug-likeness (QED) is 0.375. The topological polar surface area (TPSA) is 23.6 Å². The summed E-state index contributed by atoms with van der Waals surface area (Å²) in [4.78, 5) is 17.8. The molecule has 0 unspecified atom stereocenters. The maximum absolute atomic E-state index is 13.8. The normalized spacial score (nSPS) is 15.6. The van der Waals surface area contributed by atoms with Gasteiger partial charge in [0.2, 0.25) is 0 Å². The molecule has 32 heavy (non-hydrogen) atoms. The molecular weight excluding hydrogens is 399 g/mol. The van der Waals surface area contributed by atoms with Crippen molar-refractivity contribution >= 4 is 17.3 Å². The Labute approximate surface area is 187 Å². The number of benzene rings is 4. The number of para-hydroxylation sites is 1. The van der Waals surface area contributed by atoms with Crippen molar-refractivity contribution in [1.82, 2.24) is 0 Å². The van der Waals surface area contributed by atoms with E-state index in [0.717, 1.165) is 28.1 Å². The van der Waals surface area contributed by atoms with E-state index in [4.69, 9.17) is 0 Å². The first-order chi connectivity index (χ1) is 15.6. The molecule has 0 radical (unpaired) electrons. The third kappa shape index (κ3) is 3.65. The minimum atomic E-state index is -0.416. The Hall–Kier alpha value is -3.92. The van der Waals surface area contributed by atoms with Crippen molar-refractivity contribution in [3.8, 4) is 0 Å². The number of hydrogen-bond acceptors (Lipinski definition) is 2. The Morgan fingerprint density at radius 1 is 0.781 bits per heavy atom. The summed E-state index contributed by atoms with van der Waals surface area (Å²) in [6.45, 7) is 2.63. The standard InChI is InChI=1S/C28H23FN2O/c1-20-11-17-24(18-12-20)31-27(22-13-15-23(29)16-14-22)30(19-21-7-3-2-4-8-21)26-10-6-5-9-25(26)28(31)32/h2-18,27H,19H2,1H3/t27-/m0/s1. The monoisotopic (exact) mass is 422 g/mol. The van der Waals surface area contributed by atoms with Gasteiger partial charge in [0, 0.05) is 12.2 Å². The number of anilines is 2. The summed E-state index contributed by atoms with van der Waals surface area (Å²) in [5, 5.41) is 0.